The summed E-state index contributed by atoms with van der Waals surface area (Å²) in [5.41, 5.74) is 3.60. The molecule has 0 fully saturated rings. The van der Waals surface area contributed by atoms with E-state index in [9.17, 15) is 0 Å². The summed E-state index contributed by atoms with van der Waals surface area (Å²) < 4.78 is 22.5. The van der Waals surface area contributed by atoms with Gasteiger partial charge < -0.3 is 24.3 Å². The van der Waals surface area contributed by atoms with E-state index >= 15 is 0 Å². The van der Waals surface area contributed by atoms with Crippen LogP contribution in [0, 0.1) is 0 Å². The van der Waals surface area contributed by atoms with Gasteiger partial charge in [-0.3, -0.25) is 0 Å². The van der Waals surface area contributed by atoms with Crippen LogP contribution in [0.2, 0.25) is 0 Å². The first-order valence-electron chi connectivity index (χ1n) is 11.1. The molecular weight excluding hydrogens is 402 g/mol. The Kier molecular flexibility index (Phi) is 7.17. The average Bonchev–Trinajstić information content (AvgIpc) is 3.28. The number of rotatable bonds is 10. The largest absolute Gasteiger partial charge is 0.496 e. The smallest absolute Gasteiger partial charge is 0.231 e. The SMILES string of the molecule is COc1ccccc1C(CCNCc1ccc(OC(C)C)cc1)c1ccc2c(c1)OCO2. The van der Waals surface area contributed by atoms with Crippen molar-refractivity contribution >= 4 is 0 Å². The summed E-state index contributed by atoms with van der Waals surface area (Å²) in [5, 5.41) is 3.58. The molecule has 0 aromatic heterocycles. The van der Waals surface area contributed by atoms with E-state index in [2.05, 4.69) is 41.7 Å². The van der Waals surface area contributed by atoms with E-state index in [1.807, 2.05) is 44.2 Å². The number of hydrogen-bond donors (Lipinski definition) is 1. The number of fused-ring (bicyclic) bond motifs is 1. The lowest BCUT2D eigenvalue weighted by molar-refractivity contribution is 0.174. The van der Waals surface area contributed by atoms with Crippen molar-refractivity contribution in [1.29, 1.82) is 0 Å². The van der Waals surface area contributed by atoms with Gasteiger partial charge in [0, 0.05) is 18.0 Å². The van der Waals surface area contributed by atoms with Crippen LogP contribution in [0.4, 0.5) is 0 Å². The third-order valence-electron chi connectivity index (χ3n) is 5.55. The zero-order valence-corrected chi connectivity index (χ0v) is 19.0. The van der Waals surface area contributed by atoms with Crippen LogP contribution in [0.15, 0.2) is 66.7 Å². The Hall–Kier alpha value is -3.18. The topological polar surface area (TPSA) is 49.0 Å². The second-order valence-corrected chi connectivity index (χ2v) is 8.18. The lowest BCUT2D eigenvalue weighted by Gasteiger charge is -2.21. The fourth-order valence-corrected chi connectivity index (χ4v) is 4.02. The van der Waals surface area contributed by atoms with E-state index in [4.69, 9.17) is 18.9 Å². The number of nitrogens with one attached hydrogen (secondary N) is 1. The molecular formula is C27H31NO4. The van der Waals surface area contributed by atoms with Crippen molar-refractivity contribution < 1.29 is 18.9 Å². The molecule has 0 amide bonds. The summed E-state index contributed by atoms with van der Waals surface area (Å²) in [6, 6.07) is 22.7. The van der Waals surface area contributed by atoms with Crippen LogP contribution in [0.3, 0.4) is 0 Å². The first-order chi connectivity index (χ1) is 15.6. The summed E-state index contributed by atoms with van der Waals surface area (Å²) in [5.74, 6) is 3.59. The van der Waals surface area contributed by atoms with Crippen LogP contribution in [0.25, 0.3) is 0 Å². The highest BCUT2D eigenvalue weighted by molar-refractivity contribution is 5.49. The van der Waals surface area contributed by atoms with Crippen molar-refractivity contribution in [2.75, 3.05) is 20.4 Å². The number of benzene rings is 3. The van der Waals surface area contributed by atoms with Crippen molar-refractivity contribution in [3.63, 3.8) is 0 Å². The molecule has 32 heavy (non-hydrogen) atoms. The van der Waals surface area contributed by atoms with E-state index in [0.717, 1.165) is 42.5 Å². The van der Waals surface area contributed by atoms with Gasteiger partial charge in [-0.2, -0.15) is 0 Å². The molecule has 3 aromatic rings. The number of para-hydroxylation sites is 1. The lowest BCUT2D eigenvalue weighted by Crippen LogP contribution is -2.18. The molecule has 0 saturated carbocycles. The van der Waals surface area contributed by atoms with E-state index < -0.39 is 0 Å². The van der Waals surface area contributed by atoms with E-state index in [1.165, 1.54) is 16.7 Å². The Bertz CT molecular complexity index is 1020. The standard InChI is InChI=1S/C27H31NO4/c1-19(2)32-22-11-8-20(9-12-22)17-28-15-14-23(24-6-4-5-7-25(24)29-3)21-10-13-26-27(16-21)31-18-30-26/h4-13,16,19,23,28H,14-15,17-18H2,1-3H3. The summed E-state index contributed by atoms with van der Waals surface area (Å²) in [6.07, 6.45) is 1.11. The third kappa shape index (κ3) is 5.35. The minimum Gasteiger partial charge on any atom is -0.496 e. The molecule has 1 unspecified atom stereocenters. The van der Waals surface area contributed by atoms with Crippen LogP contribution in [-0.4, -0.2) is 26.6 Å². The highest BCUT2D eigenvalue weighted by Crippen LogP contribution is 2.39. The maximum atomic E-state index is 5.73. The van der Waals surface area contributed by atoms with Crippen LogP contribution in [0.5, 0.6) is 23.0 Å². The summed E-state index contributed by atoms with van der Waals surface area (Å²) in [4.78, 5) is 0. The highest BCUT2D eigenvalue weighted by atomic mass is 16.7. The van der Waals surface area contributed by atoms with Crippen molar-refractivity contribution in [2.24, 2.45) is 0 Å². The quantitative estimate of drug-likeness (QED) is 0.427. The molecule has 0 saturated heterocycles. The van der Waals surface area contributed by atoms with Crippen molar-refractivity contribution in [3.05, 3.63) is 83.4 Å². The molecule has 1 heterocycles. The Morgan fingerprint density at radius 2 is 1.72 bits per heavy atom. The van der Waals surface area contributed by atoms with Gasteiger partial charge >= 0.3 is 0 Å². The number of hydrogen-bond acceptors (Lipinski definition) is 5. The van der Waals surface area contributed by atoms with Crippen LogP contribution >= 0.6 is 0 Å². The predicted octanol–water partition coefficient (Wildman–Crippen LogP) is 5.52. The normalized spacial score (nSPS) is 13.2. The Labute approximate surface area is 190 Å². The van der Waals surface area contributed by atoms with E-state index in [1.54, 1.807) is 7.11 Å². The molecule has 4 rings (SSSR count). The molecule has 1 aliphatic heterocycles. The Balaban J connectivity index is 1.44. The Morgan fingerprint density at radius 1 is 0.938 bits per heavy atom. The molecule has 1 N–H and O–H groups in total. The Morgan fingerprint density at radius 3 is 2.50 bits per heavy atom. The van der Waals surface area contributed by atoms with Gasteiger partial charge in [0.05, 0.1) is 13.2 Å². The molecule has 5 nitrogen and oxygen atoms in total. The number of methoxy groups -OCH3 is 1. The highest BCUT2D eigenvalue weighted by Gasteiger charge is 2.21. The molecule has 0 aliphatic carbocycles. The van der Waals surface area contributed by atoms with Crippen molar-refractivity contribution in [2.45, 2.75) is 38.8 Å². The van der Waals surface area contributed by atoms with Gasteiger partial charge in [-0.1, -0.05) is 36.4 Å². The van der Waals surface area contributed by atoms with Crippen LogP contribution in [-0.2, 0) is 6.54 Å². The van der Waals surface area contributed by atoms with E-state index in [0.29, 0.717) is 0 Å². The maximum Gasteiger partial charge on any atom is 0.231 e. The fourth-order valence-electron chi connectivity index (χ4n) is 4.02. The van der Waals surface area contributed by atoms with Crippen molar-refractivity contribution in [3.8, 4) is 23.0 Å². The average molecular weight is 434 g/mol. The first kappa shape index (κ1) is 22.0. The third-order valence-corrected chi connectivity index (χ3v) is 5.55. The monoisotopic (exact) mass is 433 g/mol. The van der Waals surface area contributed by atoms with Gasteiger partial charge in [-0.25, -0.2) is 0 Å². The van der Waals surface area contributed by atoms with Gasteiger partial charge in [0.2, 0.25) is 6.79 Å². The molecule has 1 aliphatic rings. The zero-order valence-electron chi connectivity index (χ0n) is 19.0. The minimum absolute atomic E-state index is 0.176. The second-order valence-electron chi connectivity index (χ2n) is 8.18. The summed E-state index contributed by atoms with van der Waals surface area (Å²) >= 11 is 0. The molecule has 0 spiro atoms. The number of ether oxygens (including phenoxy) is 4. The minimum atomic E-state index is 0.176. The molecule has 0 bridgehead atoms. The summed E-state index contributed by atoms with van der Waals surface area (Å²) in [7, 11) is 1.72. The first-order valence-corrected chi connectivity index (χ1v) is 11.1. The second kappa shape index (κ2) is 10.4. The lowest BCUT2D eigenvalue weighted by atomic mass is 9.87. The van der Waals surface area contributed by atoms with Gasteiger partial charge in [-0.15, -0.1) is 0 Å². The summed E-state index contributed by atoms with van der Waals surface area (Å²) in [6.45, 7) is 6.02. The molecule has 3 aromatic carbocycles. The van der Waals surface area contributed by atoms with E-state index in [-0.39, 0.29) is 18.8 Å². The van der Waals surface area contributed by atoms with Gasteiger partial charge in [0.15, 0.2) is 11.5 Å². The predicted molar refractivity (Wildman–Crippen MR) is 126 cm³/mol. The van der Waals surface area contributed by atoms with Crippen molar-refractivity contribution in [1.82, 2.24) is 5.32 Å². The van der Waals surface area contributed by atoms with Gasteiger partial charge in [-0.05, 0) is 68.3 Å². The van der Waals surface area contributed by atoms with Crippen LogP contribution < -0.4 is 24.3 Å². The fraction of sp³-hybridized carbons (Fsp3) is 0.333. The molecule has 1 atom stereocenters. The maximum absolute atomic E-state index is 5.73. The zero-order chi connectivity index (χ0) is 22.3. The molecule has 5 heteroatoms. The molecule has 168 valence electrons. The van der Waals surface area contributed by atoms with Crippen LogP contribution in [0.1, 0.15) is 42.9 Å². The van der Waals surface area contributed by atoms with Gasteiger partial charge in [0.25, 0.3) is 0 Å². The molecule has 0 radical (unpaired) electrons. The van der Waals surface area contributed by atoms with Gasteiger partial charge in [0.1, 0.15) is 11.5 Å².